The van der Waals surface area contributed by atoms with Crippen LogP contribution < -0.4 is 11.1 Å². The molecule has 3 rings (SSSR count). The maximum absolute atomic E-state index is 13.2. The Balaban J connectivity index is 1.76. The van der Waals surface area contributed by atoms with Crippen LogP contribution in [0.4, 0.5) is 5.69 Å². The average Bonchev–Trinajstić information content (AvgIpc) is 2.72. The van der Waals surface area contributed by atoms with E-state index in [1.807, 2.05) is 47.4 Å². The van der Waals surface area contributed by atoms with Gasteiger partial charge in [-0.15, -0.1) is 0 Å². The molecule has 6 heteroatoms. The molecule has 0 heterocycles. The predicted octanol–water partition coefficient (Wildman–Crippen LogP) is 5.74. The van der Waals surface area contributed by atoms with Gasteiger partial charge in [0.15, 0.2) is 0 Å². The second-order valence-corrected chi connectivity index (χ2v) is 10.8. The van der Waals surface area contributed by atoms with E-state index in [0.717, 1.165) is 41.4 Å². The zero-order valence-electron chi connectivity index (χ0n) is 19.2. The molecule has 0 bridgehead atoms. The third-order valence-electron chi connectivity index (χ3n) is 5.84. The highest BCUT2D eigenvalue weighted by Crippen LogP contribution is 2.28. The highest BCUT2D eigenvalue weighted by atomic mass is 79.9. The van der Waals surface area contributed by atoms with Crippen LogP contribution in [-0.2, 0) is 11.3 Å². The molecule has 0 atom stereocenters. The van der Waals surface area contributed by atoms with Gasteiger partial charge in [0.25, 0.3) is 5.91 Å². The summed E-state index contributed by atoms with van der Waals surface area (Å²) in [6.45, 7) is 6.82. The Hall–Kier alpha value is -2.18. The number of nitrogens with zero attached hydrogens (tertiary/aromatic N) is 1. The lowest BCUT2D eigenvalue weighted by Crippen LogP contribution is -2.44. The van der Waals surface area contributed by atoms with Gasteiger partial charge in [-0.1, -0.05) is 45.0 Å². The largest absolute Gasteiger partial charge is 0.335 e. The van der Waals surface area contributed by atoms with Crippen molar-refractivity contribution < 1.29 is 9.59 Å². The quantitative estimate of drug-likeness (QED) is 0.532. The SMILES string of the molecule is CC(C)(C)CC(=O)N(Cc1cccc(NC(=O)c2ccccc2Br)c1)C1CCC(N)CC1. The Labute approximate surface area is 199 Å². The number of nitrogens with two attached hydrogens (primary N) is 1. The normalized spacial score (nSPS) is 18.8. The Morgan fingerprint density at radius 2 is 1.75 bits per heavy atom. The first-order chi connectivity index (χ1) is 15.1. The van der Waals surface area contributed by atoms with Crippen molar-refractivity contribution in [3.63, 3.8) is 0 Å². The zero-order chi connectivity index (χ0) is 23.3. The Morgan fingerprint density at radius 3 is 2.41 bits per heavy atom. The van der Waals surface area contributed by atoms with Gasteiger partial charge in [-0.25, -0.2) is 0 Å². The summed E-state index contributed by atoms with van der Waals surface area (Å²) >= 11 is 3.43. The fraction of sp³-hybridized carbons (Fsp3) is 0.462. The van der Waals surface area contributed by atoms with Crippen molar-refractivity contribution in [2.75, 3.05) is 5.32 Å². The van der Waals surface area contributed by atoms with Gasteiger partial charge in [0.1, 0.15) is 0 Å². The van der Waals surface area contributed by atoms with Crippen molar-refractivity contribution in [1.82, 2.24) is 4.90 Å². The van der Waals surface area contributed by atoms with E-state index in [9.17, 15) is 9.59 Å². The number of hydrogen-bond donors (Lipinski definition) is 2. The predicted molar refractivity (Wildman–Crippen MR) is 133 cm³/mol. The van der Waals surface area contributed by atoms with Crippen molar-refractivity contribution in [2.24, 2.45) is 11.1 Å². The molecule has 0 unspecified atom stereocenters. The van der Waals surface area contributed by atoms with E-state index >= 15 is 0 Å². The number of rotatable bonds is 6. The molecule has 1 aliphatic carbocycles. The molecule has 1 aliphatic rings. The van der Waals surface area contributed by atoms with Gasteiger partial charge in [-0.2, -0.15) is 0 Å². The van der Waals surface area contributed by atoms with Crippen molar-refractivity contribution in [3.05, 3.63) is 64.1 Å². The second kappa shape index (κ2) is 10.6. The topological polar surface area (TPSA) is 75.4 Å². The Bertz CT molecular complexity index is 946. The van der Waals surface area contributed by atoms with Gasteiger partial charge in [0, 0.05) is 35.2 Å². The van der Waals surface area contributed by atoms with Gasteiger partial charge in [-0.05, 0) is 76.9 Å². The van der Waals surface area contributed by atoms with Gasteiger partial charge in [0.2, 0.25) is 5.91 Å². The van der Waals surface area contributed by atoms with Crippen LogP contribution in [0.1, 0.15) is 68.8 Å². The van der Waals surface area contributed by atoms with Crippen molar-refractivity contribution in [2.45, 2.75) is 71.5 Å². The maximum atomic E-state index is 13.2. The van der Waals surface area contributed by atoms with Crippen molar-refractivity contribution >= 4 is 33.4 Å². The van der Waals surface area contributed by atoms with Gasteiger partial charge in [-0.3, -0.25) is 9.59 Å². The third kappa shape index (κ3) is 6.91. The first-order valence-corrected chi connectivity index (χ1v) is 12.1. The molecule has 0 aromatic heterocycles. The fourth-order valence-corrected chi connectivity index (χ4v) is 4.64. The van der Waals surface area contributed by atoms with Crippen LogP contribution in [0.3, 0.4) is 0 Å². The molecule has 0 spiro atoms. The summed E-state index contributed by atoms with van der Waals surface area (Å²) in [5.41, 5.74) is 8.34. The van der Waals surface area contributed by atoms with E-state index in [2.05, 4.69) is 42.0 Å². The minimum absolute atomic E-state index is 0.0701. The average molecular weight is 500 g/mol. The van der Waals surface area contributed by atoms with Crippen molar-refractivity contribution in [1.29, 1.82) is 0 Å². The Morgan fingerprint density at radius 1 is 1.06 bits per heavy atom. The molecule has 0 saturated heterocycles. The lowest BCUT2D eigenvalue weighted by atomic mass is 9.88. The monoisotopic (exact) mass is 499 g/mol. The zero-order valence-corrected chi connectivity index (χ0v) is 20.8. The minimum atomic E-state index is -0.170. The number of hydrogen-bond acceptors (Lipinski definition) is 3. The first kappa shape index (κ1) is 24.5. The summed E-state index contributed by atoms with van der Waals surface area (Å²) in [6, 6.07) is 15.6. The lowest BCUT2D eigenvalue weighted by Gasteiger charge is -2.37. The standard InChI is InChI=1S/C26H34BrN3O2/c1-26(2,3)16-24(31)30(21-13-11-19(28)12-14-21)17-18-7-6-8-20(15-18)29-25(32)22-9-4-5-10-23(22)27/h4-10,15,19,21H,11-14,16-17,28H2,1-3H3,(H,29,32). The Kier molecular flexibility index (Phi) is 8.12. The molecule has 3 N–H and O–H groups in total. The number of nitrogens with one attached hydrogen (secondary N) is 1. The summed E-state index contributed by atoms with van der Waals surface area (Å²) in [5, 5.41) is 2.98. The lowest BCUT2D eigenvalue weighted by molar-refractivity contribution is -0.137. The molecule has 1 saturated carbocycles. The highest BCUT2D eigenvalue weighted by molar-refractivity contribution is 9.10. The summed E-state index contributed by atoms with van der Waals surface area (Å²) in [4.78, 5) is 28.0. The fourth-order valence-electron chi connectivity index (χ4n) is 4.18. The molecule has 32 heavy (non-hydrogen) atoms. The highest BCUT2D eigenvalue weighted by Gasteiger charge is 2.30. The second-order valence-electron chi connectivity index (χ2n) is 9.96. The van der Waals surface area contributed by atoms with Crippen LogP contribution in [0.25, 0.3) is 0 Å². The molecule has 172 valence electrons. The molecular formula is C26H34BrN3O2. The van der Waals surface area contributed by atoms with Crippen LogP contribution in [0.2, 0.25) is 0 Å². The summed E-state index contributed by atoms with van der Waals surface area (Å²) in [5.74, 6) is 0.0113. The summed E-state index contributed by atoms with van der Waals surface area (Å²) in [7, 11) is 0. The minimum Gasteiger partial charge on any atom is -0.335 e. The molecule has 0 aliphatic heterocycles. The number of carbonyl (C=O) groups excluding carboxylic acids is 2. The van der Waals surface area contributed by atoms with Gasteiger partial charge in [0.05, 0.1) is 5.56 Å². The summed E-state index contributed by atoms with van der Waals surface area (Å²) in [6.07, 6.45) is 4.29. The first-order valence-electron chi connectivity index (χ1n) is 11.3. The van der Waals surface area contributed by atoms with Crippen LogP contribution >= 0.6 is 15.9 Å². The number of carbonyl (C=O) groups is 2. The molecule has 1 fully saturated rings. The number of benzene rings is 2. The van der Waals surface area contributed by atoms with E-state index in [4.69, 9.17) is 5.73 Å². The van der Waals surface area contributed by atoms with Crippen LogP contribution in [-0.4, -0.2) is 28.8 Å². The van der Waals surface area contributed by atoms with E-state index in [0.29, 0.717) is 18.5 Å². The van der Waals surface area contributed by atoms with Crippen LogP contribution in [0.5, 0.6) is 0 Å². The molecule has 0 radical (unpaired) electrons. The van der Waals surface area contributed by atoms with Crippen molar-refractivity contribution in [3.8, 4) is 0 Å². The molecule has 2 amide bonds. The van der Waals surface area contributed by atoms with Gasteiger partial charge < -0.3 is 16.0 Å². The number of amides is 2. The van der Waals surface area contributed by atoms with E-state index in [-0.39, 0.29) is 29.3 Å². The number of anilines is 1. The van der Waals surface area contributed by atoms with Gasteiger partial charge >= 0.3 is 0 Å². The molecule has 5 nitrogen and oxygen atoms in total. The smallest absolute Gasteiger partial charge is 0.256 e. The molecular weight excluding hydrogens is 466 g/mol. The van der Waals surface area contributed by atoms with E-state index in [1.54, 1.807) is 6.07 Å². The van der Waals surface area contributed by atoms with Crippen LogP contribution in [0.15, 0.2) is 53.0 Å². The maximum Gasteiger partial charge on any atom is 0.256 e. The van der Waals surface area contributed by atoms with Crippen LogP contribution in [0, 0.1) is 5.41 Å². The molecule has 2 aromatic rings. The number of halogens is 1. The third-order valence-corrected chi connectivity index (χ3v) is 6.53. The van der Waals surface area contributed by atoms with E-state index in [1.165, 1.54) is 0 Å². The van der Waals surface area contributed by atoms with E-state index < -0.39 is 0 Å². The summed E-state index contributed by atoms with van der Waals surface area (Å²) < 4.78 is 0.753. The molecule has 2 aromatic carbocycles.